The number of hydrogen-bond donors (Lipinski definition) is 2. The van der Waals surface area contributed by atoms with Crippen LogP contribution in [0.2, 0.25) is 0 Å². The third kappa shape index (κ3) is 4.79. The summed E-state index contributed by atoms with van der Waals surface area (Å²) in [5.41, 5.74) is 1.27. The molecule has 0 saturated heterocycles. The lowest BCUT2D eigenvalue weighted by molar-refractivity contribution is -0.122. The van der Waals surface area contributed by atoms with Gasteiger partial charge in [-0.25, -0.2) is 13.6 Å². The lowest BCUT2D eigenvalue weighted by Crippen LogP contribution is -2.30. The SMILES string of the molecule is Cc1ccc(NC(=O)[C@H](C)Oc2ccc(C#N)cc2)cc1S(N)(=O)=O. The number of nitrogens with one attached hydrogen (secondary N) is 1. The van der Waals surface area contributed by atoms with Gasteiger partial charge in [0, 0.05) is 5.69 Å². The Balaban J connectivity index is 2.09. The van der Waals surface area contributed by atoms with E-state index in [1.165, 1.54) is 6.07 Å². The van der Waals surface area contributed by atoms with E-state index in [1.807, 2.05) is 6.07 Å². The third-order valence-corrected chi connectivity index (χ3v) is 4.48. The molecule has 2 rings (SSSR count). The van der Waals surface area contributed by atoms with Crippen molar-refractivity contribution in [2.75, 3.05) is 5.32 Å². The number of hydrogen-bond acceptors (Lipinski definition) is 5. The summed E-state index contributed by atoms with van der Waals surface area (Å²) in [5.74, 6) is -0.00985. The maximum atomic E-state index is 12.2. The molecular weight excluding hydrogens is 342 g/mol. The first-order valence-electron chi connectivity index (χ1n) is 7.32. The van der Waals surface area contributed by atoms with Gasteiger partial charge in [-0.1, -0.05) is 6.07 Å². The van der Waals surface area contributed by atoms with Crippen LogP contribution in [0.5, 0.6) is 5.75 Å². The highest BCUT2D eigenvalue weighted by Crippen LogP contribution is 2.20. The molecule has 130 valence electrons. The number of carbonyl (C=O) groups is 1. The summed E-state index contributed by atoms with van der Waals surface area (Å²) < 4.78 is 28.6. The van der Waals surface area contributed by atoms with Crippen molar-refractivity contribution in [3.8, 4) is 11.8 Å². The first-order valence-corrected chi connectivity index (χ1v) is 8.86. The summed E-state index contributed by atoms with van der Waals surface area (Å²) in [7, 11) is -3.88. The smallest absolute Gasteiger partial charge is 0.265 e. The molecule has 0 aliphatic carbocycles. The minimum absolute atomic E-state index is 0.0500. The largest absolute Gasteiger partial charge is 0.481 e. The molecule has 1 atom stereocenters. The maximum Gasteiger partial charge on any atom is 0.265 e. The van der Waals surface area contributed by atoms with Gasteiger partial charge in [-0.15, -0.1) is 0 Å². The van der Waals surface area contributed by atoms with Crippen LogP contribution in [0.1, 0.15) is 18.1 Å². The zero-order valence-electron chi connectivity index (χ0n) is 13.7. The van der Waals surface area contributed by atoms with E-state index in [0.717, 1.165) is 0 Å². The number of nitriles is 1. The first kappa shape index (κ1) is 18.4. The van der Waals surface area contributed by atoms with Crippen molar-refractivity contribution >= 4 is 21.6 Å². The average molecular weight is 359 g/mol. The van der Waals surface area contributed by atoms with Crippen LogP contribution in [0.25, 0.3) is 0 Å². The van der Waals surface area contributed by atoms with Crippen LogP contribution in [0.3, 0.4) is 0 Å². The van der Waals surface area contributed by atoms with E-state index in [-0.39, 0.29) is 4.90 Å². The number of nitrogens with two attached hydrogens (primary N) is 1. The van der Waals surface area contributed by atoms with E-state index < -0.39 is 22.0 Å². The fourth-order valence-electron chi connectivity index (χ4n) is 2.09. The molecule has 25 heavy (non-hydrogen) atoms. The van der Waals surface area contributed by atoms with Gasteiger partial charge < -0.3 is 10.1 Å². The van der Waals surface area contributed by atoms with E-state index in [4.69, 9.17) is 15.1 Å². The molecule has 0 bridgehead atoms. The predicted molar refractivity (Wildman–Crippen MR) is 92.4 cm³/mol. The molecule has 8 heteroatoms. The lowest BCUT2D eigenvalue weighted by atomic mass is 10.2. The first-order chi connectivity index (χ1) is 11.7. The molecule has 0 spiro atoms. The lowest BCUT2D eigenvalue weighted by Gasteiger charge is -2.15. The number of anilines is 1. The van der Waals surface area contributed by atoms with Crippen LogP contribution >= 0.6 is 0 Å². The zero-order chi connectivity index (χ0) is 18.6. The Morgan fingerprint density at radius 1 is 1.24 bits per heavy atom. The summed E-state index contributed by atoms with van der Waals surface area (Å²) in [4.78, 5) is 12.2. The van der Waals surface area contributed by atoms with E-state index in [0.29, 0.717) is 22.6 Å². The Morgan fingerprint density at radius 2 is 1.88 bits per heavy atom. The number of carbonyl (C=O) groups excluding carboxylic acids is 1. The molecule has 0 aliphatic heterocycles. The molecule has 0 heterocycles. The highest BCUT2D eigenvalue weighted by Gasteiger charge is 2.17. The maximum absolute atomic E-state index is 12.2. The van der Waals surface area contributed by atoms with Crippen molar-refractivity contribution in [3.63, 3.8) is 0 Å². The van der Waals surface area contributed by atoms with Gasteiger partial charge in [-0.3, -0.25) is 4.79 Å². The third-order valence-electron chi connectivity index (χ3n) is 3.43. The van der Waals surface area contributed by atoms with Gasteiger partial charge in [0.05, 0.1) is 16.5 Å². The molecule has 3 N–H and O–H groups in total. The quantitative estimate of drug-likeness (QED) is 0.844. The molecule has 2 aromatic rings. The van der Waals surface area contributed by atoms with Crippen molar-refractivity contribution in [1.82, 2.24) is 0 Å². The van der Waals surface area contributed by atoms with Crippen molar-refractivity contribution in [2.45, 2.75) is 24.8 Å². The highest BCUT2D eigenvalue weighted by molar-refractivity contribution is 7.89. The number of ether oxygens (including phenoxy) is 1. The Morgan fingerprint density at radius 3 is 2.44 bits per heavy atom. The average Bonchev–Trinajstić information content (AvgIpc) is 2.56. The van der Waals surface area contributed by atoms with Crippen LogP contribution in [-0.2, 0) is 14.8 Å². The molecule has 0 aliphatic rings. The second kappa shape index (κ2) is 7.34. The van der Waals surface area contributed by atoms with Gasteiger partial charge in [0.1, 0.15) is 5.75 Å². The van der Waals surface area contributed by atoms with Crippen LogP contribution in [0.4, 0.5) is 5.69 Å². The summed E-state index contributed by atoms with van der Waals surface area (Å²) in [6.45, 7) is 3.17. The topological polar surface area (TPSA) is 122 Å². The van der Waals surface area contributed by atoms with Crippen LogP contribution < -0.4 is 15.2 Å². The number of primary sulfonamides is 1. The molecule has 1 amide bonds. The molecule has 0 aromatic heterocycles. The van der Waals surface area contributed by atoms with Gasteiger partial charge in [0.15, 0.2) is 6.10 Å². The van der Waals surface area contributed by atoms with Gasteiger partial charge in [-0.2, -0.15) is 5.26 Å². The summed E-state index contributed by atoms with van der Waals surface area (Å²) >= 11 is 0. The second-order valence-corrected chi connectivity index (χ2v) is 6.94. The number of benzene rings is 2. The Kier molecular flexibility index (Phi) is 5.41. The van der Waals surface area contributed by atoms with E-state index in [9.17, 15) is 13.2 Å². The second-order valence-electron chi connectivity index (χ2n) is 5.41. The summed E-state index contributed by atoms with van der Waals surface area (Å²) in [5, 5.41) is 16.5. The van der Waals surface area contributed by atoms with Gasteiger partial charge in [0.25, 0.3) is 5.91 Å². The van der Waals surface area contributed by atoms with Gasteiger partial charge >= 0.3 is 0 Å². The van der Waals surface area contributed by atoms with E-state index >= 15 is 0 Å². The Hall–Kier alpha value is -2.89. The van der Waals surface area contributed by atoms with Crippen molar-refractivity contribution in [1.29, 1.82) is 5.26 Å². The number of aryl methyl sites for hydroxylation is 1. The van der Waals surface area contributed by atoms with E-state index in [2.05, 4.69) is 5.32 Å². The van der Waals surface area contributed by atoms with Crippen LogP contribution in [-0.4, -0.2) is 20.4 Å². The number of nitrogens with zero attached hydrogens (tertiary/aromatic N) is 1. The normalized spacial score (nSPS) is 12.1. The number of rotatable bonds is 5. The highest BCUT2D eigenvalue weighted by atomic mass is 32.2. The van der Waals surface area contributed by atoms with Crippen molar-refractivity contribution < 1.29 is 17.9 Å². The minimum atomic E-state index is -3.88. The van der Waals surface area contributed by atoms with E-state index in [1.54, 1.807) is 50.2 Å². The fraction of sp³-hybridized carbons (Fsp3) is 0.176. The van der Waals surface area contributed by atoms with Crippen molar-refractivity contribution in [3.05, 3.63) is 53.6 Å². The monoisotopic (exact) mass is 359 g/mol. The van der Waals surface area contributed by atoms with Crippen molar-refractivity contribution in [2.24, 2.45) is 5.14 Å². The standard InChI is InChI=1S/C17H17N3O4S/c1-11-3-6-14(9-16(11)25(19,22)23)20-17(21)12(2)24-15-7-4-13(10-18)5-8-15/h3-9,12H,1-2H3,(H,20,21)(H2,19,22,23)/t12-/m0/s1. The molecule has 0 fully saturated rings. The summed E-state index contributed by atoms with van der Waals surface area (Å²) in [6, 6.07) is 12.8. The van der Waals surface area contributed by atoms with Gasteiger partial charge in [0.2, 0.25) is 10.0 Å². The molecule has 0 unspecified atom stereocenters. The molecular formula is C17H17N3O4S. The van der Waals surface area contributed by atoms with Crippen LogP contribution in [0.15, 0.2) is 47.4 Å². The zero-order valence-corrected chi connectivity index (χ0v) is 14.5. The Labute approximate surface area is 146 Å². The molecule has 0 radical (unpaired) electrons. The summed E-state index contributed by atoms with van der Waals surface area (Å²) in [6.07, 6.45) is -0.827. The Bertz CT molecular complexity index is 931. The fourth-order valence-corrected chi connectivity index (χ4v) is 2.90. The van der Waals surface area contributed by atoms with Crippen LogP contribution in [0, 0.1) is 18.3 Å². The number of sulfonamides is 1. The predicted octanol–water partition coefficient (Wildman–Crippen LogP) is 1.92. The number of amides is 1. The molecule has 2 aromatic carbocycles. The molecule has 7 nitrogen and oxygen atoms in total. The molecule has 0 saturated carbocycles. The van der Waals surface area contributed by atoms with Gasteiger partial charge in [-0.05, 0) is 55.8 Å². The minimum Gasteiger partial charge on any atom is -0.481 e.